The predicted octanol–water partition coefficient (Wildman–Crippen LogP) is 1.41. The van der Waals surface area contributed by atoms with Crippen LogP contribution < -0.4 is 5.32 Å². The molecule has 0 saturated heterocycles. The Labute approximate surface area is 142 Å². The number of hydrogen-bond acceptors (Lipinski definition) is 6. The van der Waals surface area contributed by atoms with Crippen molar-refractivity contribution in [1.29, 1.82) is 0 Å². The molecule has 0 fully saturated rings. The second-order valence-corrected chi connectivity index (χ2v) is 5.54. The predicted molar refractivity (Wildman–Crippen MR) is 90.7 cm³/mol. The molecule has 0 aliphatic carbocycles. The molecule has 0 bridgehead atoms. The van der Waals surface area contributed by atoms with Crippen LogP contribution in [0, 0.1) is 0 Å². The van der Waals surface area contributed by atoms with E-state index in [4.69, 9.17) is 0 Å². The number of carbonyl (C=O) groups is 1. The van der Waals surface area contributed by atoms with Crippen molar-refractivity contribution >= 4 is 22.6 Å². The Balaban J connectivity index is 1.67. The highest BCUT2D eigenvalue weighted by Crippen LogP contribution is 2.21. The highest BCUT2D eigenvalue weighted by atomic mass is 16.2. The van der Waals surface area contributed by atoms with Crippen LogP contribution in [0.15, 0.2) is 43.2 Å². The molecule has 124 valence electrons. The van der Waals surface area contributed by atoms with Gasteiger partial charge in [-0.2, -0.15) is 0 Å². The monoisotopic (exact) mass is 334 g/mol. The Bertz CT molecular complexity index is 1080. The van der Waals surface area contributed by atoms with Crippen LogP contribution in [0.1, 0.15) is 10.6 Å². The van der Waals surface area contributed by atoms with E-state index >= 15 is 0 Å². The van der Waals surface area contributed by atoms with Crippen molar-refractivity contribution in [3.63, 3.8) is 0 Å². The van der Waals surface area contributed by atoms with Gasteiger partial charge in [-0.05, 0) is 12.1 Å². The second kappa shape index (κ2) is 5.78. The van der Waals surface area contributed by atoms with Gasteiger partial charge in [0, 0.05) is 31.7 Å². The van der Waals surface area contributed by atoms with Crippen molar-refractivity contribution < 1.29 is 4.79 Å². The second-order valence-electron chi connectivity index (χ2n) is 5.54. The Kier molecular flexibility index (Phi) is 3.46. The van der Waals surface area contributed by atoms with E-state index in [1.54, 1.807) is 31.8 Å². The van der Waals surface area contributed by atoms with Gasteiger partial charge in [-0.1, -0.05) is 0 Å². The number of pyridine rings is 2. The molecule has 4 heterocycles. The molecule has 0 aliphatic heterocycles. The number of fused-ring (bicyclic) bond motifs is 1. The summed E-state index contributed by atoms with van der Waals surface area (Å²) in [6, 6.07) is 5.57. The summed E-state index contributed by atoms with van der Waals surface area (Å²) in [7, 11) is 3.61. The van der Waals surface area contributed by atoms with Gasteiger partial charge in [0.1, 0.15) is 12.1 Å². The summed E-state index contributed by atoms with van der Waals surface area (Å²) in [4.78, 5) is 29.0. The maximum absolute atomic E-state index is 12.1. The summed E-state index contributed by atoms with van der Waals surface area (Å²) in [6.45, 7) is 0. The summed E-state index contributed by atoms with van der Waals surface area (Å²) in [5.74, 6) is 0.0517. The zero-order chi connectivity index (χ0) is 17.4. The van der Waals surface area contributed by atoms with E-state index in [1.165, 1.54) is 11.0 Å². The van der Waals surface area contributed by atoms with E-state index in [1.807, 2.05) is 23.7 Å². The molecule has 25 heavy (non-hydrogen) atoms. The van der Waals surface area contributed by atoms with Crippen LogP contribution in [0.3, 0.4) is 0 Å². The number of amides is 1. The molecule has 4 aromatic rings. The molecule has 9 heteroatoms. The van der Waals surface area contributed by atoms with Crippen LogP contribution in [0.2, 0.25) is 0 Å². The van der Waals surface area contributed by atoms with Gasteiger partial charge in [0.25, 0.3) is 5.91 Å². The maximum Gasteiger partial charge on any atom is 0.296 e. The van der Waals surface area contributed by atoms with Crippen LogP contribution in [0.5, 0.6) is 0 Å². The van der Waals surface area contributed by atoms with Gasteiger partial charge < -0.3 is 9.88 Å². The lowest BCUT2D eigenvalue weighted by atomic mass is 10.2. The number of aromatic nitrogens is 7. The molecular formula is C16H14N8O. The van der Waals surface area contributed by atoms with Gasteiger partial charge in [-0.15, -0.1) is 5.10 Å². The molecule has 0 radical (unpaired) electrons. The van der Waals surface area contributed by atoms with Gasteiger partial charge in [0.2, 0.25) is 5.82 Å². The number of imidazole rings is 1. The van der Waals surface area contributed by atoms with Crippen molar-refractivity contribution in [3.8, 4) is 11.4 Å². The van der Waals surface area contributed by atoms with Crippen LogP contribution in [-0.2, 0) is 14.1 Å². The molecule has 0 saturated carbocycles. The molecule has 0 spiro atoms. The quantitative estimate of drug-likeness (QED) is 0.607. The zero-order valence-electron chi connectivity index (χ0n) is 13.6. The summed E-state index contributed by atoms with van der Waals surface area (Å²) < 4.78 is 3.36. The normalized spacial score (nSPS) is 11.0. The van der Waals surface area contributed by atoms with Crippen LogP contribution in [0.25, 0.3) is 22.3 Å². The Hall–Kier alpha value is -3.62. The minimum atomic E-state index is -0.421. The van der Waals surface area contributed by atoms with Gasteiger partial charge in [0.05, 0.1) is 29.4 Å². The Morgan fingerprint density at radius 3 is 2.72 bits per heavy atom. The third-order valence-corrected chi connectivity index (χ3v) is 3.70. The first-order valence-electron chi connectivity index (χ1n) is 7.50. The molecule has 0 aliphatic rings. The Morgan fingerprint density at radius 2 is 2.00 bits per heavy atom. The van der Waals surface area contributed by atoms with Crippen molar-refractivity contribution in [1.82, 2.24) is 34.3 Å². The van der Waals surface area contributed by atoms with Gasteiger partial charge in [0.15, 0.2) is 0 Å². The minimum Gasteiger partial charge on any atom is -0.332 e. The van der Waals surface area contributed by atoms with Crippen molar-refractivity contribution in [3.05, 3.63) is 49.1 Å². The maximum atomic E-state index is 12.1. The summed E-state index contributed by atoms with van der Waals surface area (Å²) >= 11 is 0. The smallest absolute Gasteiger partial charge is 0.296 e. The topological polar surface area (TPSA) is 103 Å². The lowest BCUT2D eigenvalue weighted by molar-refractivity contribution is 0.101. The molecule has 4 aromatic heterocycles. The lowest BCUT2D eigenvalue weighted by Crippen LogP contribution is -2.15. The van der Waals surface area contributed by atoms with Crippen LogP contribution in [-0.4, -0.2) is 40.2 Å². The van der Waals surface area contributed by atoms with Gasteiger partial charge in [-0.25, -0.2) is 19.9 Å². The summed E-state index contributed by atoms with van der Waals surface area (Å²) in [5.41, 5.74) is 2.42. The zero-order valence-corrected chi connectivity index (χ0v) is 13.6. The van der Waals surface area contributed by atoms with Crippen molar-refractivity contribution in [2.24, 2.45) is 14.1 Å². The third-order valence-electron chi connectivity index (χ3n) is 3.70. The van der Waals surface area contributed by atoms with Crippen molar-refractivity contribution in [2.45, 2.75) is 0 Å². The van der Waals surface area contributed by atoms with E-state index in [9.17, 15) is 4.79 Å². The SMILES string of the molecule is Cn1cnc(C(=O)Nc2cc3nc(-c4cncn4C)ccc3cn2)n1. The first kappa shape index (κ1) is 14.9. The fraction of sp³-hybridized carbons (Fsp3) is 0.125. The standard InChI is InChI=1S/C16H14N8O/c1-23-8-17-7-13(23)11-4-3-10-6-18-14(5-12(10)20-11)21-16(25)15-19-9-24(2)22-15/h3-9H,1-2H3,(H,18,21,25). The number of nitrogens with one attached hydrogen (secondary N) is 1. The van der Waals surface area contributed by atoms with E-state index in [2.05, 4.69) is 30.4 Å². The highest BCUT2D eigenvalue weighted by molar-refractivity contribution is 6.01. The molecule has 0 unspecified atom stereocenters. The molecular weight excluding hydrogens is 320 g/mol. The first-order valence-corrected chi connectivity index (χ1v) is 7.50. The molecule has 9 nitrogen and oxygen atoms in total. The van der Waals surface area contributed by atoms with Crippen LogP contribution >= 0.6 is 0 Å². The number of nitrogens with zero attached hydrogens (tertiary/aromatic N) is 7. The summed E-state index contributed by atoms with van der Waals surface area (Å²) in [5, 5.41) is 7.53. The lowest BCUT2D eigenvalue weighted by Gasteiger charge is -2.06. The third kappa shape index (κ3) is 2.82. The number of hydrogen-bond donors (Lipinski definition) is 1. The average Bonchev–Trinajstić information content (AvgIpc) is 3.22. The van der Waals surface area contributed by atoms with Crippen LogP contribution in [0.4, 0.5) is 5.82 Å². The Morgan fingerprint density at radius 1 is 1.12 bits per heavy atom. The van der Waals surface area contributed by atoms with Gasteiger partial charge in [-0.3, -0.25) is 9.48 Å². The van der Waals surface area contributed by atoms with E-state index < -0.39 is 5.91 Å². The minimum absolute atomic E-state index is 0.0843. The van der Waals surface area contributed by atoms with Gasteiger partial charge >= 0.3 is 0 Å². The highest BCUT2D eigenvalue weighted by Gasteiger charge is 2.12. The fourth-order valence-electron chi connectivity index (χ4n) is 2.45. The van der Waals surface area contributed by atoms with Crippen molar-refractivity contribution in [2.75, 3.05) is 5.32 Å². The molecule has 0 atom stereocenters. The van der Waals surface area contributed by atoms with E-state index in [0.717, 1.165) is 22.3 Å². The largest absolute Gasteiger partial charge is 0.332 e. The number of anilines is 1. The number of aryl methyl sites for hydroxylation is 2. The number of carbonyl (C=O) groups excluding carboxylic acids is 1. The fourth-order valence-corrected chi connectivity index (χ4v) is 2.45. The average molecular weight is 334 g/mol. The molecule has 1 N–H and O–H groups in total. The van der Waals surface area contributed by atoms with E-state index in [0.29, 0.717) is 5.82 Å². The molecule has 1 amide bonds. The molecule has 0 aromatic carbocycles. The number of rotatable bonds is 3. The molecule has 4 rings (SSSR count). The first-order chi connectivity index (χ1) is 12.1. The van der Waals surface area contributed by atoms with E-state index in [-0.39, 0.29) is 5.82 Å². The summed E-state index contributed by atoms with van der Waals surface area (Å²) in [6.07, 6.45) is 6.60.